The van der Waals surface area contributed by atoms with Crippen molar-refractivity contribution >= 4 is 23.2 Å². The average Bonchev–Trinajstić information content (AvgIpc) is 2.09. The Balaban J connectivity index is 3.68. The van der Waals surface area contributed by atoms with Gasteiger partial charge in [0.15, 0.2) is 0 Å². The molecule has 1 aromatic rings. The lowest BCUT2D eigenvalue weighted by Gasteiger charge is -2.25. The Morgan fingerprint density at radius 2 is 1.07 bits per heavy atom. The zero-order chi connectivity index (χ0) is 12.0. The molecule has 0 aliphatic carbocycles. The van der Waals surface area contributed by atoms with Gasteiger partial charge < -0.3 is 0 Å². The minimum Gasteiger partial charge on any atom is -0.0837 e. The van der Waals surface area contributed by atoms with Gasteiger partial charge in [0.25, 0.3) is 0 Å². The molecule has 0 atom stereocenters. The second kappa shape index (κ2) is 3.99. The van der Waals surface area contributed by atoms with Crippen LogP contribution in [0.15, 0.2) is 0 Å². The molecule has 0 nitrogen and oxygen atoms in total. The number of halogens is 2. The van der Waals surface area contributed by atoms with Crippen molar-refractivity contribution in [2.24, 2.45) is 0 Å². The van der Waals surface area contributed by atoms with E-state index in [9.17, 15) is 0 Å². The summed E-state index contributed by atoms with van der Waals surface area (Å²) in [5.74, 6) is 0. The van der Waals surface area contributed by atoms with E-state index in [1.807, 2.05) is 0 Å². The third-order valence-electron chi connectivity index (χ3n) is 2.97. The smallest absolute Gasteiger partial charge is 0.0490 e. The van der Waals surface area contributed by atoms with E-state index in [0.717, 1.165) is 26.7 Å². The van der Waals surface area contributed by atoms with E-state index in [-0.39, 0.29) is 5.41 Å². The molecule has 0 aromatic heterocycles. The summed E-state index contributed by atoms with van der Waals surface area (Å²) < 4.78 is 0. The van der Waals surface area contributed by atoms with Crippen molar-refractivity contribution in [1.29, 1.82) is 0 Å². The molecule has 0 bridgehead atoms. The second-order valence-corrected chi connectivity index (χ2v) is 5.88. The Morgan fingerprint density at radius 3 is 1.33 bits per heavy atom. The standard InChI is InChI=1S/C13H18Cl2/c1-7-8(2)11(14)10(13(4,5)6)12(15)9(7)3/h1-6H3. The number of hydrogen-bond acceptors (Lipinski definition) is 0. The van der Waals surface area contributed by atoms with Gasteiger partial charge in [-0.1, -0.05) is 44.0 Å². The van der Waals surface area contributed by atoms with Crippen LogP contribution in [0.3, 0.4) is 0 Å². The first-order valence-electron chi connectivity index (χ1n) is 5.13. The van der Waals surface area contributed by atoms with Crippen molar-refractivity contribution in [2.75, 3.05) is 0 Å². The van der Waals surface area contributed by atoms with Gasteiger partial charge in [-0.25, -0.2) is 0 Å². The Morgan fingerprint density at radius 1 is 0.733 bits per heavy atom. The zero-order valence-electron chi connectivity index (χ0n) is 10.3. The van der Waals surface area contributed by atoms with Crippen molar-refractivity contribution in [3.63, 3.8) is 0 Å². The first-order valence-corrected chi connectivity index (χ1v) is 5.88. The van der Waals surface area contributed by atoms with Crippen molar-refractivity contribution in [2.45, 2.75) is 47.0 Å². The predicted octanol–water partition coefficient (Wildman–Crippen LogP) is 5.22. The molecule has 0 fully saturated rings. The first-order chi connectivity index (χ1) is 6.68. The van der Waals surface area contributed by atoms with E-state index in [1.54, 1.807) is 0 Å². The molecule has 1 rings (SSSR count). The maximum atomic E-state index is 6.38. The van der Waals surface area contributed by atoms with Gasteiger partial charge in [-0.2, -0.15) is 0 Å². The van der Waals surface area contributed by atoms with Crippen molar-refractivity contribution in [3.05, 3.63) is 32.3 Å². The molecule has 0 saturated heterocycles. The Bertz CT molecular complexity index is 369. The van der Waals surface area contributed by atoms with Gasteiger partial charge in [-0.15, -0.1) is 0 Å². The van der Waals surface area contributed by atoms with Crippen molar-refractivity contribution < 1.29 is 0 Å². The summed E-state index contributed by atoms with van der Waals surface area (Å²) in [5.41, 5.74) is 4.52. The topological polar surface area (TPSA) is 0 Å². The maximum absolute atomic E-state index is 6.38. The molecule has 0 spiro atoms. The van der Waals surface area contributed by atoms with Gasteiger partial charge in [0.05, 0.1) is 0 Å². The highest BCUT2D eigenvalue weighted by molar-refractivity contribution is 6.37. The first kappa shape index (κ1) is 12.9. The minimum atomic E-state index is -0.0165. The third-order valence-corrected chi connectivity index (χ3v) is 3.92. The lowest BCUT2D eigenvalue weighted by Crippen LogP contribution is -2.14. The van der Waals surface area contributed by atoms with Gasteiger partial charge >= 0.3 is 0 Å². The molecule has 0 amide bonds. The molecule has 15 heavy (non-hydrogen) atoms. The number of hydrogen-bond donors (Lipinski definition) is 0. The minimum absolute atomic E-state index is 0.0165. The maximum Gasteiger partial charge on any atom is 0.0490 e. The number of benzene rings is 1. The van der Waals surface area contributed by atoms with E-state index >= 15 is 0 Å². The van der Waals surface area contributed by atoms with Crippen LogP contribution in [0.1, 0.15) is 43.0 Å². The molecule has 0 N–H and O–H groups in total. The summed E-state index contributed by atoms with van der Waals surface area (Å²) in [5, 5.41) is 1.63. The van der Waals surface area contributed by atoms with E-state index in [1.165, 1.54) is 5.56 Å². The van der Waals surface area contributed by atoms with Crippen LogP contribution in [0.2, 0.25) is 10.0 Å². The Hall–Kier alpha value is -0.200. The highest BCUT2D eigenvalue weighted by atomic mass is 35.5. The van der Waals surface area contributed by atoms with E-state index in [4.69, 9.17) is 23.2 Å². The highest BCUT2D eigenvalue weighted by Gasteiger charge is 2.24. The summed E-state index contributed by atoms with van der Waals surface area (Å²) >= 11 is 12.8. The van der Waals surface area contributed by atoms with E-state index in [0.29, 0.717) is 0 Å². The van der Waals surface area contributed by atoms with E-state index in [2.05, 4.69) is 41.5 Å². The van der Waals surface area contributed by atoms with Gasteiger partial charge in [0, 0.05) is 10.0 Å². The van der Waals surface area contributed by atoms with Crippen LogP contribution in [0, 0.1) is 20.8 Å². The van der Waals surface area contributed by atoms with Gasteiger partial charge in [-0.05, 0) is 48.4 Å². The predicted molar refractivity (Wildman–Crippen MR) is 69.4 cm³/mol. The molecule has 1 aromatic carbocycles. The molecule has 0 aliphatic heterocycles. The van der Waals surface area contributed by atoms with Gasteiger partial charge in [-0.3, -0.25) is 0 Å². The summed E-state index contributed by atoms with van der Waals surface area (Å²) in [4.78, 5) is 0. The fourth-order valence-electron chi connectivity index (χ4n) is 1.74. The molecule has 0 radical (unpaired) electrons. The van der Waals surface area contributed by atoms with Crippen LogP contribution in [0.5, 0.6) is 0 Å². The van der Waals surface area contributed by atoms with Crippen molar-refractivity contribution in [3.8, 4) is 0 Å². The van der Waals surface area contributed by atoms with Crippen LogP contribution in [0.4, 0.5) is 0 Å². The molecule has 0 aliphatic rings. The summed E-state index contributed by atoms with van der Waals surface area (Å²) in [6.07, 6.45) is 0. The monoisotopic (exact) mass is 244 g/mol. The Labute approximate surface area is 103 Å². The zero-order valence-corrected chi connectivity index (χ0v) is 11.8. The second-order valence-electron chi connectivity index (χ2n) is 5.13. The largest absolute Gasteiger partial charge is 0.0837 e. The summed E-state index contributed by atoms with van der Waals surface area (Å²) in [6.45, 7) is 12.6. The molecule has 2 heteroatoms. The molecular weight excluding hydrogens is 227 g/mol. The summed E-state index contributed by atoms with van der Waals surface area (Å²) in [7, 11) is 0. The average molecular weight is 245 g/mol. The fraction of sp³-hybridized carbons (Fsp3) is 0.538. The molecule has 0 heterocycles. The van der Waals surface area contributed by atoms with Crippen LogP contribution in [-0.2, 0) is 5.41 Å². The molecular formula is C13H18Cl2. The molecule has 84 valence electrons. The van der Waals surface area contributed by atoms with Gasteiger partial charge in [0.2, 0.25) is 0 Å². The summed E-state index contributed by atoms with van der Waals surface area (Å²) in [6, 6.07) is 0. The lowest BCUT2D eigenvalue weighted by molar-refractivity contribution is 0.589. The highest BCUT2D eigenvalue weighted by Crippen LogP contribution is 2.40. The quantitative estimate of drug-likeness (QED) is 0.588. The fourth-order valence-corrected chi connectivity index (χ4v) is 2.83. The lowest BCUT2D eigenvalue weighted by atomic mass is 9.83. The van der Waals surface area contributed by atoms with Crippen LogP contribution < -0.4 is 0 Å². The molecule has 0 unspecified atom stereocenters. The van der Waals surface area contributed by atoms with E-state index < -0.39 is 0 Å². The van der Waals surface area contributed by atoms with Gasteiger partial charge in [0.1, 0.15) is 0 Å². The SMILES string of the molecule is Cc1c(C)c(Cl)c(C(C)(C)C)c(Cl)c1C. The Kier molecular flexibility index (Phi) is 3.42. The number of rotatable bonds is 0. The normalized spacial score (nSPS) is 12.0. The molecule has 0 saturated carbocycles. The van der Waals surface area contributed by atoms with Crippen LogP contribution in [0.25, 0.3) is 0 Å². The third kappa shape index (κ3) is 2.16. The van der Waals surface area contributed by atoms with Crippen LogP contribution >= 0.6 is 23.2 Å². The van der Waals surface area contributed by atoms with Crippen molar-refractivity contribution in [1.82, 2.24) is 0 Å². The van der Waals surface area contributed by atoms with Crippen LogP contribution in [-0.4, -0.2) is 0 Å².